The Morgan fingerprint density at radius 3 is 2.70 bits per heavy atom. The number of hydrogen-bond acceptors (Lipinski definition) is 1. The Labute approximate surface area is 129 Å². The smallest absolute Gasteiger partial charge is 0.162 e. The molecular formula is C15H12BrClF2O. The predicted molar refractivity (Wildman–Crippen MR) is 79.7 cm³/mol. The molecule has 0 aliphatic carbocycles. The van der Waals surface area contributed by atoms with Gasteiger partial charge in [-0.05, 0) is 36.2 Å². The van der Waals surface area contributed by atoms with Crippen molar-refractivity contribution >= 4 is 27.5 Å². The zero-order valence-corrected chi connectivity index (χ0v) is 13.0. The van der Waals surface area contributed by atoms with Crippen LogP contribution in [0.4, 0.5) is 8.78 Å². The molecule has 0 aliphatic heterocycles. The number of halogens is 4. The predicted octanol–water partition coefficient (Wildman–Crippen LogP) is 5.31. The molecule has 106 valence electrons. The van der Waals surface area contributed by atoms with Crippen molar-refractivity contribution in [2.75, 3.05) is 7.11 Å². The molecule has 0 bridgehead atoms. The maximum atomic E-state index is 13.7. The summed E-state index contributed by atoms with van der Waals surface area (Å²) in [4.78, 5) is -0.229. The summed E-state index contributed by atoms with van der Waals surface area (Å²) in [6.07, 6.45) is 0.292. The van der Waals surface area contributed by atoms with Crippen LogP contribution in [0.2, 0.25) is 5.02 Å². The Bertz CT molecular complexity index is 619. The minimum Gasteiger partial charge on any atom is -0.496 e. The first-order chi connectivity index (χ1) is 9.52. The van der Waals surface area contributed by atoms with Gasteiger partial charge in [-0.3, -0.25) is 0 Å². The maximum Gasteiger partial charge on any atom is 0.162 e. The summed E-state index contributed by atoms with van der Waals surface area (Å²) in [6.45, 7) is 0. The fourth-order valence-corrected chi connectivity index (χ4v) is 2.85. The molecular weight excluding hydrogens is 350 g/mol. The Hall–Kier alpha value is -1.13. The van der Waals surface area contributed by atoms with Gasteiger partial charge in [0.1, 0.15) is 5.75 Å². The lowest BCUT2D eigenvalue weighted by atomic mass is 10.0. The average molecular weight is 362 g/mol. The monoisotopic (exact) mass is 360 g/mol. The van der Waals surface area contributed by atoms with E-state index in [1.807, 2.05) is 0 Å². The third-order valence-corrected chi connectivity index (χ3v) is 4.01. The first-order valence-corrected chi connectivity index (χ1v) is 7.22. The highest BCUT2D eigenvalue weighted by Crippen LogP contribution is 2.36. The molecule has 0 heterocycles. The molecule has 0 saturated carbocycles. The fourth-order valence-electron chi connectivity index (χ4n) is 1.96. The third kappa shape index (κ3) is 3.30. The lowest BCUT2D eigenvalue weighted by Gasteiger charge is -2.15. The van der Waals surface area contributed by atoms with E-state index in [9.17, 15) is 8.78 Å². The summed E-state index contributed by atoms with van der Waals surface area (Å²) in [5, 5.41) is 0.560. The standard InChI is InChI=1S/C15H12BrClF2O/c1-20-14-6-5-10(17)8-11(14)12(16)7-9-3-2-4-13(18)15(9)19/h2-6,8,12H,7H2,1H3. The van der Waals surface area contributed by atoms with Crippen molar-refractivity contribution < 1.29 is 13.5 Å². The summed E-state index contributed by atoms with van der Waals surface area (Å²) in [5.74, 6) is -1.02. The molecule has 2 aromatic carbocycles. The van der Waals surface area contributed by atoms with Crippen LogP contribution in [0.5, 0.6) is 5.75 Å². The van der Waals surface area contributed by atoms with Gasteiger partial charge in [-0.2, -0.15) is 0 Å². The topological polar surface area (TPSA) is 9.23 Å². The Morgan fingerprint density at radius 1 is 1.25 bits per heavy atom. The lowest BCUT2D eigenvalue weighted by molar-refractivity contribution is 0.409. The van der Waals surface area contributed by atoms with E-state index in [-0.39, 0.29) is 4.83 Å². The first-order valence-electron chi connectivity index (χ1n) is 5.93. The molecule has 0 fully saturated rings. The largest absolute Gasteiger partial charge is 0.496 e. The van der Waals surface area contributed by atoms with Crippen molar-refractivity contribution in [3.8, 4) is 5.75 Å². The number of alkyl halides is 1. The van der Waals surface area contributed by atoms with Crippen LogP contribution < -0.4 is 4.74 Å². The molecule has 1 nitrogen and oxygen atoms in total. The van der Waals surface area contributed by atoms with Gasteiger partial charge in [0, 0.05) is 15.4 Å². The van der Waals surface area contributed by atoms with Crippen molar-refractivity contribution in [2.45, 2.75) is 11.2 Å². The molecule has 1 unspecified atom stereocenters. The van der Waals surface area contributed by atoms with Crippen LogP contribution in [-0.2, 0) is 6.42 Å². The number of hydrogen-bond donors (Lipinski definition) is 0. The van der Waals surface area contributed by atoms with E-state index in [2.05, 4.69) is 15.9 Å². The van der Waals surface area contributed by atoms with Crippen LogP contribution >= 0.6 is 27.5 Å². The van der Waals surface area contributed by atoms with Crippen LogP contribution in [0.25, 0.3) is 0 Å². The summed E-state index contributed by atoms with van der Waals surface area (Å²) >= 11 is 9.45. The van der Waals surface area contributed by atoms with Crippen LogP contribution in [0.1, 0.15) is 16.0 Å². The molecule has 0 aromatic heterocycles. The van der Waals surface area contributed by atoms with Crippen molar-refractivity contribution in [1.82, 2.24) is 0 Å². The van der Waals surface area contributed by atoms with Gasteiger partial charge < -0.3 is 4.74 Å². The molecule has 0 radical (unpaired) electrons. The second-order valence-electron chi connectivity index (χ2n) is 4.27. The van der Waals surface area contributed by atoms with Gasteiger partial charge in [0.15, 0.2) is 11.6 Å². The zero-order chi connectivity index (χ0) is 14.7. The summed E-state index contributed by atoms with van der Waals surface area (Å²) in [5.41, 5.74) is 1.09. The maximum absolute atomic E-state index is 13.7. The quantitative estimate of drug-likeness (QED) is 0.671. The summed E-state index contributed by atoms with van der Waals surface area (Å²) in [7, 11) is 1.55. The average Bonchev–Trinajstić information content (AvgIpc) is 2.43. The molecule has 2 aromatic rings. The molecule has 0 saturated heterocycles. The number of benzene rings is 2. The first kappa shape index (κ1) is 15.3. The third-order valence-electron chi connectivity index (χ3n) is 2.96. The normalized spacial score (nSPS) is 12.2. The molecule has 0 amide bonds. The molecule has 5 heteroatoms. The fraction of sp³-hybridized carbons (Fsp3) is 0.200. The number of rotatable bonds is 4. The van der Waals surface area contributed by atoms with Crippen molar-refractivity contribution in [2.24, 2.45) is 0 Å². The van der Waals surface area contributed by atoms with Gasteiger partial charge in [-0.15, -0.1) is 0 Å². The van der Waals surface area contributed by atoms with E-state index >= 15 is 0 Å². The molecule has 0 N–H and O–H groups in total. The lowest BCUT2D eigenvalue weighted by Crippen LogP contribution is -2.02. The molecule has 0 spiro atoms. The highest BCUT2D eigenvalue weighted by molar-refractivity contribution is 9.09. The van der Waals surface area contributed by atoms with Crippen molar-refractivity contribution in [1.29, 1.82) is 0 Å². The molecule has 2 rings (SSSR count). The van der Waals surface area contributed by atoms with Gasteiger partial charge >= 0.3 is 0 Å². The zero-order valence-electron chi connectivity index (χ0n) is 10.7. The summed E-state index contributed by atoms with van der Waals surface area (Å²) < 4.78 is 32.1. The second-order valence-corrected chi connectivity index (χ2v) is 5.81. The van der Waals surface area contributed by atoms with Crippen LogP contribution in [0.3, 0.4) is 0 Å². The van der Waals surface area contributed by atoms with E-state index in [1.165, 1.54) is 6.07 Å². The highest BCUT2D eigenvalue weighted by atomic mass is 79.9. The van der Waals surface area contributed by atoms with Gasteiger partial charge in [0.25, 0.3) is 0 Å². The van der Waals surface area contributed by atoms with Gasteiger partial charge in [0.2, 0.25) is 0 Å². The molecule has 20 heavy (non-hydrogen) atoms. The van der Waals surface area contributed by atoms with Crippen LogP contribution in [-0.4, -0.2) is 7.11 Å². The van der Waals surface area contributed by atoms with E-state index in [0.29, 0.717) is 22.8 Å². The Balaban J connectivity index is 2.30. The van der Waals surface area contributed by atoms with Crippen LogP contribution in [0, 0.1) is 11.6 Å². The van der Waals surface area contributed by atoms with E-state index < -0.39 is 11.6 Å². The Morgan fingerprint density at radius 2 is 2.00 bits per heavy atom. The van der Waals surface area contributed by atoms with E-state index in [0.717, 1.165) is 11.6 Å². The van der Waals surface area contributed by atoms with Crippen LogP contribution in [0.15, 0.2) is 36.4 Å². The van der Waals surface area contributed by atoms with Crippen molar-refractivity contribution in [3.05, 3.63) is 64.2 Å². The Kier molecular flexibility index (Phi) is 5.00. The second kappa shape index (κ2) is 6.55. The highest BCUT2D eigenvalue weighted by Gasteiger charge is 2.17. The number of methoxy groups -OCH3 is 1. The summed E-state index contributed by atoms with van der Waals surface area (Å²) in [6, 6.07) is 9.35. The minimum atomic E-state index is -0.847. The SMILES string of the molecule is COc1ccc(Cl)cc1C(Br)Cc1cccc(F)c1F. The van der Waals surface area contributed by atoms with E-state index in [1.54, 1.807) is 31.4 Å². The van der Waals surface area contributed by atoms with E-state index in [4.69, 9.17) is 16.3 Å². The van der Waals surface area contributed by atoms with Gasteiger partial charge in [-0.25, -0.2) is 8.78 Å². The van der Waals surface area contributed by atoms with Gasteiger partial charge in [-0.1, -0.05) is 39.7 Å². The molecule has 0 aliphatic rings. The number of ether oxygens (including phenoxy) is 1. The van der Waals surface area contributed by atoms with Gasteiger partial charge in [0.05, 0.1) is 7.11 Å². The molecule has 1 atom stereocenters. The minimum absolute atomic E-state index is 0.229. The van der Waals surface area contributed by atoms with Crippen molar-refractivity contribution in [3.63, 3.8) is 0 Å².